The molecule has 0 aliphatic carbocycles. The Morgan fingerprint density at radius 2 is 1.83 bits per heavy atom. The summed E-state index contributed by atoms with van der Waals surface area (Å²) >= 11 is 1.64. The molecule has 0 unspecified atom stereocenters. The Balaban J connectivity index is 2.07. The monoisotopic (exact) mass is 324 g/mol. The molecule has 0 amide bonds. The molecule has 0 radical (unpaired) electrons. The minimum absolute atomic E-state index is 0.0501. The summed E-state index contributed by atoms with van der Waals surface area (Å²) in [5, 5.41) is 3.07. The minimum atomic E-state index is 0.0501. The molecule has 0 N–H and O–H groups in total. The predicted molar refractivity (Wildman–Crippen MR) is 96.0 cm³/mol. The maximum Gasteiger partial charge on any atom is 0.128 e. The van der Waals surface area contributed by atoms with Gasteiger partial charge in [0.25, 0.3) is 0 Å². The van der Waals surface area contributed by atoms with Crippen LogP contribution in [-0.4, -0.2) is 17.1 Å². The molecule has 3 nitrogen and oxygen atoms in total. The number of nitrogens with zero attached hydrogens (tertiary/aromatic N) is 2. The molecular formula is C19H20N2OS. The molecule has 3 rings (SSSR count). The van der Waals surface area contributed by atoms with Gasteiger partial charge >= 0.3 is 0 Å². The smallest absolute Gasteiger partial charge is 0.128 e. The highest BCUT2D eigenvalue weighted by atomic mass is 32.1. The first-order chi connectivity index (χ1) is 11.0. The van der Waals surface area contributed by atoms with Crippen LogP contribution in [0.15, 0.2) is 48.1 Å². The molecule has 118 valence electrons. The number of para-hydroxylation sites is 1. The van der Waals surface area contributed by atoms with E-state index in [-0.39, 0.29) is 5.41 Å². The van der Waals surface area contributed by atoms with Crippen LogP contribution in [0, 0.1) is 0 Å². The summed E-state index contributed by atoms with van der Waals surface area (Å²) in [5.74, 6) is 0.839. The Morgan fingerprint density at radius 1 is 1.04 bits per heavy atom. The summed E-state index contributed by atoms with van der Waals surface area (Å²) in [7, 11) is 1.69. The second-order valence-electron chi connectivity index (χ2n) is 6.41. The number of hydrogen-bond acceptors (Lipinski definition) is 4. The summed E-state index contributed by atoms with van der Waals surface area (Å²) in [6.07, 6.45) is 3.75. The van der Waals surface area contributed by atoms with Crippen LogP contribution >= 0.6 is 11.3 Å². The number of aromatic nitrogens is 2. The Morgan fingerprint density at radius 3 is 2.57 bits per heavy atom. The van der Waals surface area contributed by atoms with Gasteiger partial charge in [-0.1, -0.05) is 32.9 Å². The van der Waals surface area contributed by atoms with E-state index in [4.69, 9.17) is 9.72 Å². The van der Waals surface area contributed by atoms with Crippen LogP contribution in [0.5, 0.6) is 5.75 Å². The van der Waals surface area contributed by atoms with Crippen molar-refractivity contribution >= 4 is 11.3 Å². The SMILES string of the molecule is COc1ccccc1-c1csc(-c2cnccc2C(C)(C)C)n1. The van der Waals surface area contributed by atoms with E-state index in [1.807, 2.05) is 36.7 Å². The lowest BCUT2D eigenvalue weighted by molar-refractivity contribution is 0.416. The van der Waals surface area contributed by atoms with Gasteiger partial charge in [0, 0.05) is 28.9 Å². The van der Waals surface area contributed by atoms with E-state index in [0.29, 0.717) is 0 Å². The topological polar surface area (TPSA) is 35.0 Å². The van der Waals surface area contributed by atoms with E-state index >= 15 is 0 Å². The highest BCUT2D eigenvalue weighted by molar-refractivity contribution is 7.13. The van der Waals surface area contributed by atoms with Crippen LogP contribution in [0.3, 0.4) is 0 Å². The summed E-state index contributed by atoms with van der Waals surface area (Å²) < 4.78 is 5.44. The van der Waals surface area contributed by atoms with Crippen molar-refractivity contribution in [3.8, 4) is 27.6 Å². The number of hydrogen-bond donors (Lipinski definition) is 0. The first kappa shape index (κ1) is 15.7. The number of thiazole rings is 1. The van der Waals surface area contributed by atoms with Gasteiger partial charge in [0.15, 0.2) is 0 Å². The van der Waals surface area contributed by atoms with Gasteiger partial charge in [0.1, 0.15) is 10.8 Å². The number of ether oxygens (including phenoxy) is 1. The van der Waals surface area contributed by atoms with Gasteiger partial charge < -0.3 is 4.74 Å². The Kier molecular flexibility index (Phi) is 4.18. The standard InChI is InChI=1S/C19H20N2OS/c1-19(2,3)15-9-10-20-11-14(15)18-21-16(12-23-18)13-7-5-6-8-17(13)22-4/h5-12H,1-4H3. The quantitative estimate of drug-likeness (QED) is 0.666. The minimum Gasteiger partial charge on any atom is -0.496 e. The fourth-order valence-corrected chi connectivity index (χ4v) is 3.44. The first-order valence-electron chi connectivity index (χ1n) is 7.54. The summed E-state index contributed by atoms with van der Waals surface area (Å²) in [5.41, 5.74) is 4.36. The van der Waals surface area contributed by atoms with Crippen molar-refractivity contribution in [1.82, 2.24) is 9.97 Å². The molecule has 0 fully saturated rings. The van der Waals surface area contributed by atoms with Crippen molar-refractivity contribution in [2.24, 2.45) is 0 Å². The van der Waals surface area contributed by atoms with E-state index in [1.54, 1.807) is 18.4 Å². The molecule has 23 heavy (non-hydrogen) atoms. The zero-order chi connectivity index (χ0) is 16.4. The Hall–Kier alpha value is -2.20. The van der Waals surface area contributed by atoms with Crippen molar-refractivity contribution in [2.45, 2.75) is 26.2 Å². The van der Waals surface area contributed by atoms with Crippen LogP contribution in [0.4, 0.5) is 0 Å². The lowest BCUT2D eigenvalue weighted by atomic mass is 9.85. The van der Waals surface area contributed by atoms with Crippen molar-refractivity contribution in [1.29, 1.82) is 0 Å². The first-order valence-corrected chi connectivity index (χ1v) is 8.42. The summed E-state index contributed by atoms with van der Waals surface area (Å²) in [4.78, 5) is 9.12. The Bertz CT molecular complexity index is 818. The number of benzene rings is 1. The maximum atomic E-state index is 5.44. The highest BCUT2D eigenvalue weighted by Crippen LogP contribution is 2.37. The van der Waals surface area contributed by atoms with Crippen LogP contribution < -0.4 is 4.74 Å². The molecule has 0 saturated heterocycles. The second-order valence-corrected chi connectivity index (χ2v) is 7.27. The van der Waals surface area contributed by atoms with Crippen molar-refractivity contribution in [3.63, 3.8) is 0 Å². The Labute approximate surface area is 141 Å². The lowest BCUT2D eigenvalue weighted by Gasteiger charge is -2.21. The molecule has 0 aliphatic heterocycles. The normalized spacial score (nSPS) is 11.5. The van der Waals surface area contributed by atoms with Crippen LogP contribution in [0.2, 0.25) is 0 Å². The van der Waals surface area contributed by atoms with Gasteiger partial charge in [-0.3, -0.25) is 4.98 Å². The fraction of sp³-hybridized carbons (Fsp3) is 0.263. The average Bonchev–Trinajstić information content (AvgIpc) is 3.03. The molecule has 3 aromatic rings. The summed E-state index contributed by atoms with van der Waals surface area (Å²) in [6.45, 7) is 6.63. The van der Waals surface area contributed by atoms with Gasteiger partial charge in [-0.15, -0.1) is 11.3 Å². The predicted octanol–water partition coefficient (Wildman–Crippen LogP) is 5.18. The molecule has 0 spiro atoms. The van der Waals surface area contributed by atoms with Crippen molar-refractivity contribution in [2.75, 3.05) is 7.11 Å². The van der Waals surface area contributed by atoms with Crippen LogP contribution in [0.25, 0.3) is 21.8 Å². The van der Waals surface area contributed by atoms with Gasteiger partial charge in [0.05, 0.1) is 12.8 Å². The zero-order valence-electron chi connectivity index (χ0n) is 13.8. The third-order valence-corrected chi connectivity index (χ3v) is 4.62. The van der Waals surface area contributed by atoms with E-state index in [0.717, 1.165) is 27.6 Å². The van der Waals surface area contributed by atoms with Crippen LogP contribution in [0.1, 0.15) is 26.3 Å². The van der Waals surface area contributed by atoms with Gasteiger partial charge in [-0.05, 0) is 29.2 Å². The molecule has 4 heteroatoms. The molecular weight excluding hydrogens is 304 g/mol. The van der Waals surface area contributed by atoms with Gasteiger partial charge in [0.2, 0.25) is 0 Å². The van der Waals surface area contributed by atoms with Crippen LogP contribution in [-0.2, 0) is 5.41 Å². The van der Waals surface area contributed by atoms with Crippen molar-refractivity contribution in [3.05, 3.63) is 53.7 Å². The zero-order valence-corrected chi connectivity index (χ0v) is 14.6. The summed E-state index contributed by atoms with van der Waals surface area (Å²) in [6, 6.07) is 10.0. The lowest BCUT2D eigenvalue weighted by Crippen LogP contribution is -2.12. The fourth-order valence-electron chi connectivity index (χ4n) is 2.60. The largest absolute Gasteiger partial charge is 0.496 e. The van der Waals surface area contributed by atoms with Crippen molar-refractivity contribution < 1.29 is 4.74 Å². The highest BCUT2D eigenvalue weighted by Gasteiger charge is 2.20. The molecule has 0 atom stereocenters. The second kappa shape index (κ2) is 6.13. The van der Waals surface area contributed by atoms with Gasteiger partial charge in [-0.25, -0.2) is 4.98 Å². The molecule has 2 aromatic heterocycles. The molecule has 0 saturated carbocycles. The number of pyridine rings is 1. The average molecular weight is 324 g/mol. The molecule has 2 heterocycles. The maximum absolute atomic E-state index is 5.44. The third-order valence-electron chi connectivity index (χ3n) is 3.75. The van der Waals surface area contributed by atoms with E-state index in [2.05, 4.69) is 37.2 Å². The molecule has 0 bridgehead atoms. The van der Waals surface area contributed by atoms with E-state index < -0.39 is 0 Å². The molecule has 1 aromatic carbocycles. The number of methoxy groups -OCH3 is 1. The number of rotatable bonds is 3. The van der Waals surface area contributed by atoms with E-state index in [9.17, 15) is 0 Å². The molecule has 0 aliphatic rings. The van der Waals surface area contributed by atoms with E-state index in [1.165, 1.54) is 5.56 Å². The third kappa shape index (κ3) is 3.13. The van der Waals surface area contributed by atoms with Gasteiger partial charge in [-0.2, -0.15) is 0 Å².